The van der Waals surface area contributed by atoms with Gasteiger partial charge in [-0.25, -0.2) is 0 Å². The summed E-state index contributed by atoms with van der Waals surface area (Å²) in [6.45, 7) is 5.47. The minimum Gasteiger partial charge on any atom is -0.346 e. The fourth-order valence-electron chi connectivity index (χ4n) is 4.04. The molecule has 1 N–H and O–H groups in total. The van der Waals surface area contributed by atoms with E-state index in [0.29, 0.717) is 6.42 Å². The first-order valence-corrected chi connectivity index (χ1v) is 11.2. The number of aryl methyl sites for hydroxylation is 1. The van der Waals surface area contributed by atoms with E-state index in [2.05, 4.69) is 31.0 Å². The Bertz CT molecular complexity index is 1020. The molecule has 7 heteroatoms. The van der Waals surface area contributed by atoms with Crippen LogP contribution in [0.4, 0.5) is 0 Å². The van der Waals surface area contributed by atoms with Crippen LogP contribution in [0.25, 0.3) is 0 Å². The van der Waals surface area contributed by atoms with Crippen LogP contribution in [-0.2, 0) is 30.7 Å². The van der Waals surface area contributed by atoms with Gasteiger partial charge in [-0.05, 0) is 36.6 Å². The second-order valence-electron chi connectivity index (χ2n) is 8.06. The van der Waals surface area contributed by atoms with Crippen LogP contribution in [0.3, 0.4) is 0 Å². The summed E-state index contributed by atoms with van der Waals surface area (Å²) in [6, 6.07) is 17.9. The third-order valence-electron chi connectivity index (χ3n) is 5.69. The van der Waals surface area contributed by atoms with E-state index >= 15 is 0 Å². The van der Waals surface area contributed by atoms with Crippen molar-refractivity contribution in [1.82, 2.24) is 25.0 Å². The molecule has 0 radical (unpaired) electrons. The minimum atomic E-state index is -0.177. The third kappa shape index (κ3) is 5.71. The number of carbonyl (C=O) groups excluding carboxylic acids is 1. The number of nitrogens with one attached hydrogen (secondary N) is 1. The molecular weight excluding hydrogens is 410 g/mol. The standard InChI is InChI=1S/C24H28ClN5O/c1-18(26-23(31)11-10-19-6-3-2-4-7-19)24-28-27-22-12-13-29(14-15-30(22)24)17-20-8-5-9-21(25)16-20/h2-9,16,18H,10-15,17H2,1H3,(H,26,31)/t18-/m1/s1. The third-order valence-corrected chi connectivity index (χ3v) is 5.93. The Morgan fingerprint density at radius 2 is 1.87 bits per heavy atom. The van der Waals surface area contributed by atoms with Crippen molar-refractivity contribution >= 4 is 17.5 Å². The lowest BCUT2D eigenvalue weighted by atomic mass is 10.1. The molecule has 2 aromatic carbocycles. The summed E-state index contributed by atoms with van der Waals surface area (Å²) in [7, 11) is 0. The molecule has 1 aliphatic rings. The minimum absolute atomic E-state index is 0.0323. The van der Waals surface area contributed by atoms with Crippen molar-refractivity contribution in [2.75, 3.05) is 13.1 Å². The van der Waals surface area contributed by atoms with Gasteiger partial charge in [0.05, 0.1) is 6.04 Å². The fourth-order valence-corrected chi connectivity index (χ4v) is 4.25. The van der Waals surface area contributed by atoms with Crippen LogP contribution >= 0.6 is 11.6 Å². The Balaban J connectivity index is 1.33. The van der Waals surface area contributed by atoms with Gasteiger partial charge in [0.25, 0.3) is 0 Å². The number of aromatic nitrogens is 3. The van der Waals surface area contributed by atoms with E-state index in [1.165, 1.54) is 11.1 Å². The van der Waals surface area contributed by atoms with Crippen molar-refractivity contribution in [1.29, 1.82) is 0 Å². The molecule has 0 spiro atoms. The Morgan fingerprint density at radius 1 is 1.06 bits per heavy atom. The highest BCUT2D eigenvalue weighted by Gasteiger charge is 2.22. The molecule has 1 aromatic heterocycles. The Hall–Kier alpha value is -2.70. The van der Waals surface area contributed by atoms with Gasteiger partial charge in [0.1, 0.15) is 5.82 Å². The van der Waals surface area contributed by atoms with Crippen LogP contribution in [0.1, 0.15) is 42.2 Å². The molecule has 0 aliphatic carbocycles. The van der Waals surface area contributed by atoms with E-state index in [-0.39, 0.29) is 11.9 Å². The molecule has 1 amide bonds. The Kier molecular flexibility index (Phi) is 6.99. The van der Waals surface area contributed by atoms with Crippen molar-refractivity contribution in [2.24, 2.45) is 0 Å². The van der Waals surface area contributed by atoms with Gasteiger partial charge in [0.15, 0.2) is 5.82 Å². The predicted molar refractivity (Wildman–Crippen MR) is 122 cm³/mol. The van der Waals surface area contributed by atoms with Gasteiger partial charge < -0.3 is 9.88 Å². The summed E-state index contributed by atoms with van der Waals surface area (Å²) in [5.74, 6) is 1.84. The molecule has 0 saturated carbocycles. The van der Waals surface area contributed by atoms with Gasteiger partial charge in [0, 0.05) is 44.0 Å². The lowest BCUT2D eigenvalue weighted by Gasteiger charge is -2.20. The van der Waals surface area contributed by atoms with Crippen molar-refractivity contribution in [3.8, 4) is 0 Å². The number of fused-ring (bicyclic) bond motifs is 1. The lowest BCUT2D eigenvalue weighted by molar-refractivity contribution is -0.121. The number of carbonyl (C=O) groups is 1. The molecule has 2 heterocycles. The molecule has 1 aliphatic heterocycles. The number of hydrogen-bond donors (Lipinski definition) is 1. The fraction of sp³-hybridized carbons (Fsp3) is 0.375. The average molecular weight is 438 g/mol. The SMILES string of the molecule is C[C@@H](NC(=O)CCc1ccccc1)c1nnc2n1CCN(Cc1cccc(Cl)c1)CC2. The lowest BCUT2D eigenvalue weighted by Crippen LogP contribution is -2.30. The van der Waals surface area contributed by atoms with Crippen molar-refractivity contribution in [3.05, 3.63) is 82.4 Å². The summed E-state index contributed by atoms with van der Waals surface area (Å²) >= 11 is 6.13. The summed E-state index contributed by atoms with van der Waals surface area (Å²) in [6.07, 6.45) is 2.03. The number of halogens is 1. The molecule has 0 unspecified atom stereocenters. The molecule has 0 bridgehead atoms. The second-order valence-corrected chi connectivity index (χ2v) is 8.49. The predicted octanol–water partition coefficient (Wildman–Crippen LogP) is 3.80. The van der Waals surface area contributed by atoms with E-state index in [4.69, 9.17) is 11.6 Å². The first-order valence-electron chi connectivity index (χ1n) is 10.8. The number of rotatable bonds is 7. The molecule has 162 valence electrons. The zero-order valence-corrected chi connectivity index (χ0v) is 18.6. The van der Waals surface area contributed by atoms with E-state index in [1.54, 1.807) is 0 Å². The van der Waals surface area contributed by atoms with E-state index in [1.807, 2.05) is 55.5 Å². The maximum Gasteiger partial charge on any atom is 0.220 e. The molecule has 0 saturated heterocycles. The van der Waals surface area contributed by atoms with Crippen LogP contribution in [0.15, 0.2) is 54.6 Å². The highest BCUT2D eigenvalue weighted by Crippen LogP contribution is 2.18. The van der Waals surface area contributed by atoms with Gasteiger partial charge in [0.2, 0.25) is 5.91 Å². The molecule has 1 atom stereocenters. The summed E-state index contributed by atoms with van der Waals surface area (Å²) in [5, 5.41) is 12.7. The average Bonchev–Trinajstić information content (AvgIpc) is 3.08. The number of hydrogen-bond acceptors (Lipinski definition) is 4. The van der Waals surface area contributed by atoms with Crippen LogP contribution in [0, 0.1) is 0 Å². The smallest absolute Gasteiger partial charge is 0.220 e. The summed E-state index contributed by atoms with van der Waals surface area (Å²) < 4.78 is 2.17. The molecule has 4 rings (SSSR count). The summed E-state index contributed by atoms with van der Waals surface area (Å²) in [5.41, 5.74) is 2.38. The van der Waals surface area contributed by atoms with E-state index in [9.17, 15) is 4.79 Å². The molecule has 6 nitrogen and oxygen atoms in total. The number of benzene rings is 2. The Labute approximate surface area is 188 Å². The largest absolute Gasteiger partial charge is 0.346 e. The van der Waals surface area contributed by atoms with E-state index < -0.39 is 0 Å². The number of nitrogens with zero attached hydrogens (tertiary/aromatic N) is 4. The van der Waals surface area contributed by atoms with Crippen LogP contribution in [0.2, 0.25) is 5.02 Å². The van der Waals surface area contributed by atoms with Gasteiger partial charge in [-0.3, -0.25) is 9.69 Å². The van der Waals surface area contributed by atoms with E-state index in [0.717, 1.165) is 55.7 Å². The van der Waals surface area contributed by atoms with Gasteiger partial charge in [-0.2, -0.15) is 0 Å². The zero-order chi connectivity index (χ0) is 21.6. The monoisotopic (exact) mass is 437 g/mol. The second kappa shape index (κ2) is 10.1. The zero-order valence-electron chi connectivity index (χ0n) is 17.8. The van der Waals surface area contributed by atoms with Crippen molar-refractivity contribution in [2.45, 2.75) is 45.3 Å². The maximum atomic E-state index is 12.5. The summed E-state index contributed by atoms with van der Waals surface area (Å²) in [4.78, 5) is 14.9. The highest BCUT2D eigenvalue weighted by atomic mass is 35.5. The van der Waals surface area contributed by atoms with Gasteiger partial charge in [-0.15, -0.1) is 10.2 Å². The van der Waals surface area contributed by atoms with Crippen LogP contribution in [0.5, 0.6) is 0 Å². The van der Waals surface area contributed by atoms with Gasteiger partial charge in [-0.1, -0.05) is 54.1 Å². The van der Waals surface area contributed by atoms with Crippen LogP contribution < -0.4 is 5.32 Å². The topological polar surface area (TPSA) is 63.1 Å². The first kappa shape index (κ1) is 21.5. The van der Waals surface area contributed by atoms with Crippen LogP contribution in [-0.4, -0.2) is 38.7 Å². The highest BCUT2D eigenvalue weighted by molar-refractivity contribution is 6.30. The Morgan fingerprint density at radius 3 is 2.68 bits per heavy atom. The molecule has 31 heavy (non-hydrogen) atoms. The van der Waals surface area contributed by atoms with Crippen molar-refractivity contribution < 1.29 is 4.79 Å². The normalized spacial score (nSPS) is 15.2. The maximum absolute atomic E-state index is 12.5. The first-order chi connectivity index (χ1) is 15.1. The molecular formula is C24H28ClN5O. The van der Waals surface area contributed by atoms with Gasteiger partial charge >= 0.3 is 0 Å². The quantitative estimate of drug-likeness (QED) is 0.610. The van der Waals surface area contributed by atoms with Crippen molar-refractivity contribution in [3.63, 3.8) is 0 Å². The number of amides is 1. The molecule has 3 aromatic rings. The molecule has 0 fully saturated rings.